The zero-order chi connectivity index (χ0) is 26.5. The van der Waals surface area contributed by atoms with Gasteiger partial charge in [0.2, 0.25) is 0 Å². The van der Waals surface area contributed by atoms with Crippen LogP contribution in [0.4, 0.5) is 5.69 Å². The fraction of sp³-hybridized carbons (Fsp3) is 0.290. The molecule has 0 radical (unpaired) electrons. The van der Waals surface area contributed by atoms with Crippen LogP contribution in [0, 0.1) is 0 Å². The van der Waals surface area contributed by atoms with E-state index in [-0.39, 0.29) is 18.4 Å². The first kappa shape index (κ1) is 25.4. The number of piperazine rings is 1. The molecule has 7 nitrogen and oxygen atoms in total. The van der Waals surface area contributed by atoms with E-state index in [0.717, 1.165) is 35.6 Å². The third-order valence-corrected chi connectivity index (χ3v) is 7.09. The van der Waals surface area contributed by atoms with Gasteiger partial charge in [-0.05, 0) is 56.5 Å². The number of hydrogen-bond acceptors (Lipinski definition) is 5. The Balaban J connectivity index is 1.39. The number of para-hydroxylation sites is 1. The molecule has 0 spiro atoms. The van der Waals surface area contributed by atoms with Crippen molar-refractivity contribution in [2.75, 3.05) is 24.5 Å². The van der Waals surface area contributed by atoms with Gasteiger partial charge in [-0.15, -0.1) is 0 Å². The highest BCUT2D eigenvalue weighted by Gasteiger charge is 2.28. The smallest absolute Gasteiger partial charge is 0.303 e. The number of hydrogen-bond donors (Lipinski definition) is 1. The summed E-state index contributed by atoms with van der Waals surface area (Å²) in [6.45, 7) is 4.31. The van der Waals surface area contributed by atoms with E-state index in [4.69, 9.17) is 15.1 Å². The monoisotopic (exact) mass is 508 g/mol. The molecule has 1 aliphatic rings. The molecule has 1 atom stereocenters. The van der Waals surface area contributed by atoms with Crippen molar-refractivity contribution < 1.29 is 14.7 Å². The zero-order valence-electron chi connectivity index (χ0n) is 21.6. The summed E-state index contributed by atoms with van der Waals surface area (Å²) in [6, 6.07) is 25.8. The first-order chi connectivity index (χ1) is 18.5. The number of carbonyl (C=O) groups excluding carboxylic acids is 1. The zero-order valence-corrected chi connectivity index (χ0v) is 21.6. The third-order valence-electron chi connectivity index (χ3n) is 7.09. The maximum Gasteiger partial charge on any atom is 0.303 e. The fourth-order valence-electron chi connectivity index (χ4n) is 5.09. The SMILES string of the molecule is C[C@@H]1CN(c2ccccc2)CCN1C(=O)c1ccc2nc(-c3ccccc3)c(CCCCC(=O)O)nc2c1. The van der Waals surface area contributed by atoms with Gasteiger partial charge in [-0.2, -0.15) is 0 Å². The Labute approximate surface area is 222 Å². The minimum Gasteiger partial charge on any atom is -0.481 e. The number of nitrogens with zero attached hydrogens (tertiary/aromatic N) is 4. The molecular weight excluding hydrogens is 476 g/mol. The Kier molecular flexibility index (Phi) is 7.63. The van der Waals surface area contributed by atoms with Gasteiger partial charge < -0.3 is 14.9 Å². The van der Waals surface area contributed by atoms with Crippen LogP contribution in [-0.4, -0.2) is 57.5 Å². The molecule has 2 heterocycles. The van der Waals surface area contributed by atoms with E-state index < -0.39 is 5.97 Å². The normalized spacial score (nSPS) is 15.6. The molecule has 1 aliphatic heterocycles. The molecule has 0 aliphatic carbocycles. The molecule has 38 heavy (non-hydrogen) atoms. The molecule has 1 fully saturated rings. The molecule has 1 saturated heterocycles. The summed E-state index contributed by atoms with van der Waals surface area (Å²) in [6.07, 6.45) is 2.04. The van der Waals surface area contributed by atoms with Crippen molar-refractivity contribution >= 4 is 28.6 Å². The lowest BCUT2D eigenvalue weighted by Crippen LogP contribution is -2.54. The van der Waals surface area contributed by atoms with E-state index in [1.807, 2.05) is 71.6 Å². The van der Waals surface area contributed by atoms with Crippen LogP contribution in [0.2, 0.25) is 0 Å². The number of benzene rings is 3. The number of carboxylic acid groups (broad SMARTS) is 1. The average Bonchev–Trinajstić information content (AvgIpc) is 2.95. The number of rotatable bonds is 8. The fourth-order valence-corrected chi connectivity index (χ4v) is 5.09. The van der Waals surface area contributed by atoms with Crippen LogP contribution in [0.5, 0.6) is 0 Å². The van der Waals surface area contributed by atoms with E-state index in [1.165, 1.54) is 5.69 Å². The van der Waals surface area contributed by atoms with Gasteiger partial charge in [0.15, 0.2) is 0 Å². The third kappa shape index (κ3) is 5.67. The number of amides is 1. The van der Waals surface area contributed by atoms with Crippen LogP contribution >= 0.6 is 0 Å². The van der Waals surface area contributed by atoms with E-state index in [0.29, 0.717) is 36.9 Å². The molecule has 0 unspecified atom stereocenters. The van der Waals surface area contributed by atoms with Crippen molar-refractivity contribution in [3.05, 3.63) is 90.1 Å². The van der Waals surface area contributed by atoms with Crippen molar-refractivity contribution in [1.29, 1.82) is 0 Å². The first-order valence-corrected chi connectivity index (χ1v) is 13.2. The van der Waals surface area contributed by atoms with E-state index >= 15 is 0 Å². The predicted molar refractivity (Wildman–Crippen MR) is 149 cm³/mol. The predicted octanol–water partition coefficient (Wildman–Crippen LogP) is 5.45. The average molecular weight is 509 g/mol. The van der Waals surface area contributed by atoms with Crippen molar-refractivity contribution in [3.8, 4) is 11.3 Å². The second-order valence-corrected chi connectivity index (χ2v) is 9.82. The lowest BCUT2D eigenvalue weighted by Gasteiger charge is -2.41. The summed E-state index contributed by atoms with van der Waals surface area (Å²) in [4.78, 5) is 38.6. The van der Waals surface area contributed by atoms with Crippen LogP contribution in [0.15, 0.2) is 78.9 Å². The molecule has 4 aromatic rings. The number of carboxylic acids is 1. The van der Waals surface area contributed by atoms with Gasteiger partial charge in [-0.1, -0.05) is 48.5 Å². The number of aliphatic carboxylic acids is 1. The summed E-state index contributed by atoms with van der Waals surface area (Å²) in [5, 5.41) is 9.00. The summed E-state index contributed by atoms with van der Waals surface area (Å²) in [7, 11) is 0. The van der Waals surface area contributed by atoms with Crippen molar-refractivity contribution in [2.24, 2.45) is 0 Å². The topological polar surface area (TPSA) is 86.6 Å². The van der Waals surface area contributed by atoms with E-state index in [2.05, 4.69) is 24.0 Å². The lowest BCUT2D eigenvalue weighted by atomic mass is 10.0. The lowest BCUT2D eigenvalue weighted by molar-refractivity contribution is -0.137. The molecule has 1 amide bonds. The molecule has 1 N–H and O–H groups in total. The highest BCUT2D eigenvalue weighted by atomic mass is 16.4. The highest BCUT2D eigenvalue weighted by molar-refractivity contribution is 5.98. The van der Waals surface area contributed by atoms with Gasteiger partial charge in [0, 0.05) is 48.9 Å². The second kappa shape index (κ2) is 11.4. The molecule has 5 rings (SSSR count). The van der Waals surface area contributed by atoms with E-state index in [1.54, 1.807) is 0 Å². The Morgan fingerprint density at radius 3 is 2.34 bits per heavy atom. The summed E-state index contributed by atoms with van der Waals surface area (Å²) >= 11 is 0. The van der Waals surface area contributed by atoms with Gasteiger partial charge in [0.1, 0.15) is 0 Å². The van der Waals surface area contributed by atoms with Crippen LogP contribution in [0.3, 0.4) is 0 Å². The quantitative estimate of drug-likeness (QED) is 0.319. The van der Waals surface area contributed by atoms with Gasteiger partial charge in [0.25, 0.3) is 5.91 Å². The summed E-state index contributed by atoms with van der Waals surface area (Å²) in [5.74, 6) is -0.788. The van der Waals surface area contributed by atoms with Crippen LogP contribution in [-0.2, 0) is 11.2 Å². The number of unbranched alkanes of at least 4 members (excludes halogenated alkanes) is 1. The van der Waals surface area contributed by atoms with Crippen molar-refractivity contribution in [2.45, 2.75) is 38.6 Å². The molecular formula is C31H32N4O3. The summed E-state index contributed by atoms with van der Waals surface area (Å²) < 4.78 is 0. The van der Waals surface area contributed by atoms with Crippen LogP contribution in [0.25, 0.3) is 22.3 Å². The Hall–Kier alpha value is -4.26. The molecule has 3 aromatic carbocycles. The molecule has 7 heteroatoms. The molecule has 0 saturated carbocycles. The van der Waals surface area contributed by atoms with Gasteiger partial charge >= 0.3 is 5.97 Å². The summed E-state index contributed by atoms with van der Waals surface area (Å²) in [5.41, 5.74) is 5.80. The maximum absolute atomic E-state index is 13.5. The highest BCUT2D eigenvalue weighted by Crippen LogP contribution is 2.26. The van der Waals surface area contributed by atoms with Crippen LogP contribution in [0.1, 0.15) is 42.2 Å². The minimum atomic E-state index is -0.792. The van der Waals surface area contributed by atoms with Crippen molar-refractivity contribution in [3.63, 3.8) is 0 Å². The standard InChI is InChI=1S/C31H32N4O3/c1-22-21-34(25-12-6-3-7-13-25)18-19-35(22)31(38)24-16-17-26-28(20-24)32-27(14-8-9-15-29(36)37)30(33-26)23-10-4-2-5-11-23/h2-7,10-13,16-17,20,22H,8-9,14-15,18-19,21H2,1H3,(H,36,37)/t22-/m1/s1. The number of fused-ring (bicyclic) bond motifs is 1. The Morgan fingerprint density at radius 1 is 0.895 bits per heavy atom. The second-order valence-electron chi connectivity index (χ2n) is 9.82. The molecule has 1 aromatic heterocycles. The van der Waals surface area contributed by atoms with E-state index in [9.17, 15) is 9.59 Å². The first-order valence-electron chi connectivity index (χ1n) is 13.2. The van der Waals surface area contributed by atoms with Gasteiger partial charge in [0.05, 0.1) is 22.4 Å². The number of anilines is 1. The molecule has 194 valence electrons. The Bertz CT molecular complexity index is 1430. The van der Waals surface area contributed by atoms with Crippen LogP contribution < -0.4 is 4.90 Å². The maximum atomic E-state index is 13.5. The largest absolute Gasteiger partial charge is 0.481 e. The number of aromatic nitrogens is 2. The van der Waals surface area contributed by atoms with Gasteiger partial charge in [-0.3, -0.25) is 9.59 Å². The van der Waals surface area contributed by atoms with Crippen molar-refractivity contribution in [1.82, 2.24) is 14.9 Å². The number of carbonyl (C=O) groups is 2. The Morgan fingerprint density at radius 2 is 1.63 bits per heavy atom. The minimum absolute atomic E-state index is 0.00376. The number of aryl methyl sites for hydroxylation is 1. The molecule has 0 bridgehead atoms. The van der Waals surface area contributed by atoms with Gasteiger partial charge in [-0.25, -0.2) is 9.97 Å².